The molecule has 0 saturated heterocycles. The van der Waals surface area contributed by atoms with Gasteiger partial charge in [0, 0.05) is 0 Å². The number of nitrogens with zero attached hydrogens (tertiary/aromatic N) is 5. The monoisotopic (exact) mass is 1990 g/mol. The molecule has 11 heteroatoms. The van der Waals surface area contributed by atoms with Crippen molar-refractivity contribution in [1.82, 2.24) is 0 Å². The van der Waals surface area contributed by atoms with Gasteiger partial charge in [-0.15, -0.1) is 0 Å². The van der Waals surface area contributed by atoms with Crippen LogP contribution in [0.15, 0.2) is 237 Å². The first-order valence-electron chi connectivity index (χ1n) is 56.5. The number of isothiocyanates is 5. The Hall–Kier alpha value is -8.22. The number of thiocarbonyl (C=S) groups is 5. The van der Waals surface area contributed by atoms with Gasteiger partial charge in [0.05, 0.1) is 60.3 Å². The molecule has 1 atom stereocenters. The molecule has 758 valence electrons. The van der Waals surface area contributed by atoms with Crippen LogP contribution in [-0.4, -0.2) is 31.9 Å². The standard InChI is InChI=1S/C31H41NS.C27H32O.C24H35NS.C19H27NS.C16H21NS.C14H17NS/c1-2-3-4-24-7-13-27(14-8-24)28-15-9-25(10-16-28)5-6-26-11-17-29(18-12-26)30-19-21-31(22-20-30)32-23-33;1-5-6-7-8-22(4)28-27-17-15-24(16-18-27)23-11-13-25(14-12-23)26-10-9-20(2)21(3)19-26;1-2-3-4-5-19-6-8-20(9-7-19)21-10-12-22(13-11-21)23-14-16-24(17-15-23)25-18-26;1-2-3-4-5-6-16-7-9-17(10-8-16)18-11-13-19(14-12-18)20-15-21;1-2-3-13-4-6-14(7-5-13)15-8-10-16(11-9-15)17-12-18;1-11-2-4-12(5-3-11)13-6-8-14(9-7-13)15-10-16/h9-10,15-16,19-22,24,26-27,29H,2-8,11-14,17-18H2,1H3;9-19,22H,5-8H2,1-4H3;14-17,19-22H,2-13H2,1H3;11-14,16-17H,2-10H2,1H3;8-11,13-14H,2-7H2,1H3;6-9,11-12H,2-5H2,1H3. The van der Waals surface area contributed by atoms with Crippen molar-refractivity contribution < 1.29 is 4.74 Å². The minimum atomic E-state index is 0.273. The van der Waals surface area contributed by atoms with Crippen LogP contribution in [0.5, 0.6) is 5.75 Å². The van der Waals surface area contributed by atoms with Crippen molar-refractivity contribution >= 4 is 115 Å². The van der Waals surface area contributed by atoms with Gasteiger partial charge >= 0.3 is 0 Å². The maximum atomic E-state index is 6.05. The number of aryl methyl sites for hydroxylation is 3. The van der Waals surface area contributed by atoms with Crippen LogP contribution < -0.4 is 4.74 Å². The average molecular weight is 1990 g/mol. The zero-order valence-corrected chi connectivity index (χ0v) is 92.6. The summed E-state index contributed by atoms with van der Waals surface area (Å²) < 4.78 is 6.05. The third-order valence-electron chi connectivity index (χ3n) is 33.5. The van der Waals surface area contributed by atoms with Crippen LogP contribution in [0.2, 0.25) is 0 Å². The first-order chi connectivity index (χ1) is 69.6. The van der Waals surface area contributed by atoms with Gasteiger partial charge in [0.1, 0.15) is 5.75 Å². The van der Waals surface area contributed by atoms with Crippen LogP contribution in [0, 0.1) is 61.2 Å². The summed E-state index contributed by atoms with van der Waals surface area (Å²) in [6.07, 6.45) is 66.7. The smallest absolute Gasteiger partial charge is 0.119 e. The van der Waals surface area contributed by atoms with Crippen molar-refractivity contribution in [2.24, 2.45) is 72.3 Å². The molecule has 7 aliphatic carbocycles. The zero-order valence-electron chi connectivity index (χ0n) is 88.5. The Labute approximate surface area is 887 Å². The molecule has 9 aromatic carbocycles. The van der Waals surface area contributed by atoms with E-state index in [1.807, 2.05) is 24.3 Å². The van der Waals surface area contributed by atoms with E-state index in [9.17, 15) is 0 Å². The van der Waals surface area contributed by atoms with E-state index in [2.05, 4.69) is 350 Å². The third-order valence-corrected chi connectivity index (χ3v) is 34.0. The van der Waals surface area contributed by atoms with Crippen LogP contribution in [0.1, 0.15) is 436 Å². The molecule has 0 N–H and O–H groups in total. The minimum Gasteiger partial charge on any atom is -0.491 e. The number of rotatable bonds is 37. The molecule has 16 rings (SSSR count). The second-order valence-electron chi connectivity index (χ2n) is 43.6. The Morgan fingerprint density at radius 3 is 0.887 bits per heavy atom. The second kappa shape index (κ2) is 65.4. The van der Waals surface area contributed by atoms with Crippen LogP contribution in [0.25, 0.3) is 22.3 Å². The summed E-state index contributed by atoms with van der Waals surface area (Å²) in [5.41, 5.74) is 22.7. The Morgan fingerprint density at radius 1 is 0.268 bits per heavy atom. The van der Waals surface area contributed by atoms with Gasteiger partial charge in [-0.2, -0.15) is 25.0 Å². The van der Waals surface area contributed by atoms with Crippen molar-refractivity contribution in [3.05, 3.63) is 262 Å². The highest BCUT2D eigenvalue weighted by Crippen LogP contribution is 2.48. The van der Waals surface area contributed by atoms with E-state index in [1.54, 1.807) is 5.56 Å². The molecular formula is C131H173N5OS5. The lowest BCUT2D eigenvalue weighted by Crippen LogP contribution is -2.25. The Balaban J connectivity index is 0.000000165. The number of ether oxygens (including phenoxy) is 1. The first-order valence-corrected chi connectivity index (χ1v) is 58.5. The molecule has 0 spiro atoms. The van der Waals surface area contributed by atoms with E-state index < -0.39 is 0 Å². The third kappa shape index (κ3) is 39.9. The van der Waals surface area contributed by atoms with E-state index in [0.717, 1.165) is 118 Å². The summed E-state index contributed by atoms with van der Waals surface area (Å²) in [4.78, 5) is 20.1. The molecule has 0 bridgehead atoms. The number of hydrogen-bond acceptors (Lipinski definition) is 11. The molecule has 1 unspecified atom stereocenters. The van der Waals surface area contributed by atoms with Gasteiger partial charge in [0.2, 0.25) is 0 Å². The molecule has 142 heavy (non-hydrogen) atoms. The van der Waals surface area contributed by atoms with Gasteiger partial charge in [-0.05, 0) is 490 Å². The lowest BCUT2D eigenvalue weighted by atomic mass is 9.68. The number of aliphatic imine (C=N–C) groups is 5. The van der Waals surface area contributed by atoms with E-state index >= 15 is 0 Å². The van der Waals surface area contributed by atoms with Crippen LogP contribution in [-0.2, 0) is 6.42 Å². The second-order valence-corrected chi connectivity index (χ2v) is 44.5. The van der Waals surface area contributed by atoms with Crippen molar-refractivity contribution in [3.63, 3.8) is 0 Å². The summed E-state index contributed by atoms with van der Waals surface area (Å²) in [6, 6.07) is 76.5. The lowest BCUT2D eigenvalue weighted by Gasteiger charge is -2.38. The fraction of sp³-hybridized carbons (Fsp3) is 0.550. The topological polar surface area (TPSA) is 71.0 Å². The fourth-order valence-electron chi connectivity index (χ4n) is 24.2. The molecule has 0 radical (unpaired) electrons. The Morgan fingerprint density at radius 2 is 0.542 bits per heavy atom. The van der Waals surface area contributed by atoms with E-state index in [0.29, 0.717) is 5.92 Å². The molecule has 0 amide bonds. The minimum absolute atomic E-state index is 0.273. The van der Waals surface area contributed by atoms with Gasteiger partial charge < -0.3 is 4.74 Å². The molecule has 0 aromatic heterocycles. The van der Waals surface area contributed by atoms with Gasteiger partial charge in [-0.3, -0.25) is 0 Å². The van der Waals surface area contributed by atoms with Gasteiger partial charge in [0.15, 0.2) is 0 Å². The van der Waals surface area contributed by atoms with Crippen molar-refractivity contribution in [3.8, 4) is 28.0 Å². The normalized spacial score (nSPS) is 22.6. The van der Waals surface area contributed by atoms with Crippen molar-refractivity contribution in [2.45, 2.75) is 412 Å². The number of benzene rings is 9. The van der Waals surface area contributed by atoms with Crippen LogP contribution in [0.3, 0.4) is 0 Å². The maximum Gasteiger partial charge on any atom is 0.119 e. The highest BCUT2D eigenvalue weighted by atomic mass is 32.1. The summed E-state index contributed by atoms with van der Waals surface area (Å²) in [5.74, 6) is 13.3. The highest BCUT2D eigenvalue weighted by Gasteiger charge is 2.33. The van der Waals surface area contributed by atoms with Crippen molar-refractivity contribution in [1.29, 1.82) is 0 Å². The summed E-state index contributed by atoms with van der Waals surface area (Å²) in [7, 11) is 0. The summed E-state index contributed by atoms with van der Waals surface area (Å²) >= 11 is 23.2. The Kier molecular flexibility index (Phi) is 52.5. The SMILES string of the molecule is CC1CCC(c2ccc(N=C=S)cc2)CC1.CCCC1CCC(c2ccc(N=C=S)cc2)CC1.CCCCC1CCC(c2ccc(CCC3CCC(c4ccc(N=C=S)cc4)CC3)cc2)CC1.CCCCCC(C)Oc1ccc(-c2ccc(-c3ccc(C)c(C)c3)cc2)cc1.CCCCCC1CCC(C2CCC(c3ccc(N=C=S)cc3)CC2)CC1.CCCCCCC1CCC(c2ccc(N=C=S)cc2)CC1. The van der Waals surface area contributed by atoms with Gasteiger partial charge in [0.25, 0.3) is 0 Å². The van der Waals surface area contributed by atoms with E-state index in [1.165, 1.54) is 369 Å². The molecule has 7 aliphatic rings. The van der Waals surface area contributed by atoms with Crippen molar-refractivity contribution in [2.75, 3.05) is 0 Å². The Bertz CT molecular complexity index is 5260. The number of unbranched alkanes of at least 4 members (excludes halogenated alkanes) is 8. The fourth-order valence-corrected chi connectivity index (χ4v) is 24.7. The molecule has 6 nitrogen and oxygen atoms in total. The van der Waals surface area contributed by atoms with Crippen LogP contribution >= 0.6 is 61.1 Å². The molecule has 7 saturated carbocycles. The summed E-state index contributed by atoms with van der Waals surface area (Å²) in [6.45, 7) is 20.3. The van der Waals surface area contributed by atoms with Crippen LogP contribution in [0.4, 0.5) is 28.4 Å². The molecule has 0 aliphatic heterocycles. The van der Waals surface area contributed by atoms with Gasteiger partial charge in [-0.25, -0.2) is 0 Å². The van der Waals surface area contributed by atoms with Gasteiger partial charge in [-0.1, -0.05) is 309 Å². The number of hydrogen-bond donors (Lipinski definition) is 0. The zero-order chi connectivity index (χ0) is 100. The predicted octanol–water partition coefficient (Wildman–Crippen LogP) is 42.7. The van der Waals surface area contributed by atoms with E-state index in [-0.39, 0.29) is 6.10 Å². The lowest BCUT2D eigenvalue weighted by molar-refractivity contribution is 0.155. The average Bonchev–Trinajstić information content (AvgIpc) is 0.823. The maximum absolute atomic E-state index is 6.05. The first kappa shape index (κ1) is 114. The van der Waals surface area contributed by atoms with E-state index in [4.69, 9.17) is 17.0 Å². The molecule has 0 heterocycles. The highest BCUT2D eigenvalue weighted by molar-refractivity contribution is 7.79. The molecule has 9 aromatic rings. The summed E-state index contributed by atoms with van der Waals surface area (Å²) in [5, 5.41) is 12.1. The molecule has 7 fully saturated rings. The molecular weight excluding hydrogens is 1820 g/mol. The quantitative estimate of drug-likeness (QED) is 0.0220. The largest absolute Gasteiger partial charge is 0.491 e. The predicted molar refractivity (Wildman–Crippen MR) is 628 cm³/mol.